The van der Waals surface area contributed by atoms with Crippen LogP contribution in [0, 0.1) is 5.82 Å². The van der Waals surface area contributed by atoms with E-state index in [1.54, 1.807) is 12.1 Å². The maximum atomic E-state index is 13.2. The molecule has 7 heteroatoms. The van der Waals surface area contributed by atoms with Gasteiger partial charge in [-0.2, -0.15) is 0 Å². The molecule has 110 valence electrons. The van der Waals surface area contributed by atoms with E-state index in [4.69, 9.17) is 9.84 Å². The molecule has 1 aliphatic heterocycles. The monoisotopic (exact) mass is 309 g/mol. The summed E-state index contributed by atoms with van der Waals surface area (Å²) in [6.07, 6.45) is 0. The van der Waals surface area contributed by atoms with Crippen molar-refractivity contribution in [2.45, 2.75) is 6.04 Å². The summed E-state index contributed by atoms with van der Waals surface area (Å²) in [6.45, 7) is 0.536. The molecule has 1 N–H and O–H groups in total. The van der Waals surface area contributed by atoms with Gasteiger partial charge in [-0.1, -0.05) is 0 Å². The lowest BCUT2D eigenvalue weighted by atomic mass is 10.2. The molecule has 0 radical (unpaired) electrons. The highest BCUT2D eigenvalue weighted by atomic mass is 32.1. The number of carboxylic acids is 1. The molecule has 0 aliphatic carbocycles. The smallest absolute Gasteiger partial charge is 0.328 e. The van der Waals surface area contributed by atoms with Crippen LogP contribution >= 0.6 is 11.3 Å². The summed E-state index contributed by atoms with van der Waals surface area (Å²) in [6, 6.07) is 4.92. The Hall–Kier alpha value is -1.99. The van der Waals surface area contributed by atoms with E-state index in [1.165, 1.54) is 28.4 Å². The summed E-state index contributed by atoms with van der Waals surface area (Å²) in [7, 11) is 0. The zero-order valence-electron chi connectivity index (χ0n) is 10.9. The maximum Gasteiger partial charge on any atom is 0.328 e. The molecule has 1 fully saturated rings. The largest absolute Gasteiger partial charge is 0.480 e. The van der Waals surface area contributed by atoms with Crippen LogP contribution in [-0.4, -0.2) is 47.7 Å². The molecule has 1 aliphatic rings. The van der Waals surface area contributed by atoms with Gasteiger partial charge in [0.1, 0.15) is 5.82 Å². The van der Waals surface area contributed by atoms with Crippen LogP contribution < -0.4 is 0 Å². The van der Waals surface area contributed by atoms with Gasteiger partial charge < -0.3 is 14.7 Å². The number of carbonyl (C=O) groups excluding carboxylic acids is 1. The molecule has 2 aromatic rings. The van der Waals surface area contributed by atoms with Crippen molar-refractivity contribution in [3.63, 3.8) is 0 Å². The highest BCUT2D eigenvalue weighted by molar-refractivity contribution is 7.20. The fourth-order valence-corrected chi connectivity index (χ4v) is 3.31. The van der Waals surface area contributed by atoms with Gasteiger partial charge in [0.25, 0.3) is 5.91 Å². The first-order valence-corrected chi connectivity index (χ1v) is 7.18. The molecule has 2 heterocycles. The highest BCUT2D eigenvalue weighted by Gasteiger charge is 2.33. The molecule has 1 amide bonds. The standard InChI is InChI=1S/C14H12FNO4S/c15-9-1-2-11-8(5-9)6-12(21-11)13(17)16-3-4-20-7-10(16)14(18)19/h1-2,5-6,10H,3-4,7H2,(H,18,19). The predicted octanol–water partition coefficient (Wildman–Crippen LogP) is 1.97. The molecule has 3 rings (SSSR count). The topological polar surface area (TPSA) is 66.8 Å². The number of halogens is 1. The number of thiophene rings is 1. The molecule has 0 saturated carbocycles. The molecule has 1 aromatic carbocycles. The summed E-state index contributed by atoms with van der Waals surface area (Å²) >= 11 is 1.23. The second kappa shape index (κ2) is 5.42. The third-order valence-corrected chi connectivity index (χ3v) is 4.47. The Bertz CT molecular complexity index is 714. The highest BCUT2D eigenvalue weighted by Crippen LogP contribution is 2.28. The first-order valence-electron chi connectivity index (χ1n) is 6.37. The fraction of sp³-hybridized carbons (Fsp3) is 0.286. The minimum Gasteiger partial charge on any atom is -0.480 e. The second-order valence-corrected chi connectivity index (χ2v) is 5.80. The number of morpholine rings is 1. The van der Waals surface area contributed by atoms with Crippen molar-refractivity contribution in [2.75, 3.05) is 19.8 Å². The van der Waals surface area contributed by atoms with E-state index in [1.807, 2.05) is 0 Å². The lowest BCUT2D eigenvalue weighted by Crippen LogP contribution is -2.52. The Balaban J connectivity index is 1.93. The number of nitrogens with zero attached hydrogens (tertiary/aromatic N) is 1. The summed E-state index contributed by atoms with van der Waals surface area (Å²) < 4.78 is 19.1. The molecule has 0 spiro atoms. The van der Waals surface area contributed by atoms with E-state index in [-0.39, 0.29) is 24.9 Å². The van der Waals surface area contributed by atoms with E-state index in [0.29, 0.717) is 16.9 Å². The normalized spacial score (nSPS) is 18.9. The number of ether oxygens (including phenoxy) is 1. The van der Waals surface area contributed by atoms with Crippen LogP contribution in [0.3, 0.4) is 0 Å². The molecule has 1 atom stereocenters. The summed E-state index contributed by atoms with van der Waals surface area (Å²) in [4.78, 5) is 25.4. The van der Waals surface area contributed by atoms with Crippen LogP contribution in [0.15, 0.2) is 24.3 Å². The average Bonchev–Trinajstić information content (AvgIpc) is 2.89. The van der Waals surface area contributed by atoms with Crippen LogP contribution in [0.4, 0.5) is 4.39 Å². The Labute approximate surface area is 123 Å². The zero-order valence-corrected chi connectivity index (χ0v) is 11.7. The van der Waals surface area contributed by atoms with Crippen molar-refractivity contribution in [2.24, 2.45) is 0 Å². The molecular weight excluding hydrogens is 297 g/mol. The maximum absolute atomic E-state index is 13.2. The minimum atomic E-state index is -1.09. The Kier molecular flexibility index (Phi) is 3.60. The third-order valence-electron chi connectivity index (χ3n) is 3.36. The molecule has 1 unspecified atom stereocenters. The SMILES string of the molecule is O=C(O)C1COCCN1C(=O)c1cc2cc(F)ccc2s1. The van der Waals surface area contributed by atoms with Gasteiger partial charge in [0, 0.05) is 11.2 Å². The number of carbonyl (C=O) groups is 2. The molecule has 1 aromatic heterocycles. The quantitative estimate of drug-likeness (QED) is 0.921. The van der Waals surface area contributed by atoms with Crippen molar-refractivity contribution in [3.05, 3.63) is 35.0 Å². The third kappa shape index (κ3) is 2.62. The van der Waals surface area contributed by atoms with Crippen LogP contribution in [-0.2, 0) is 9.53 Å². The van der Waals surface area contributed by atoms with E-state index in [0.717, 1.165) is 4.70 Å². The van der Waals surface area contributed by atoms with E-state index >= 15 is 0 Å². The minimum absolute atomic E-state index is 0.0133. The van der Waals surface area contributed by atoms with Crippen molar-refractivity contribution < 1.29 is 23.8 Å². The van der Waals surface area contributed by atoms with Gasteiger partial charge in [-0.25, -0.2) is 9.18 Å². The summed E-state index contributed by atoms with van der Waals surface area (Å²) in [5.74, 6) is -1.81. The van der Waals surface area contributed by atoms with Crippen molar-refractivity contribution in [1.29, 1.82) is 0 Å². The van der Waals surface area contributed by atoms with Gasteiger partial charge in [0.15, 0.2) is 6.04 Å². The Morgan fingerprint density at radius 3 is 2.95 bits per heavy atom. The van der Waals surface area contributed by atoms with Crippen LogP contribution in [0.5, 0.6) is 0 Å². The lowest BCUT2D eigenvalue weighted by molar-refractivity contribution is -0.147. The molecule has 0 bridgehead atoms. The fourth-order valence-electron chi connectivity index (χ4n) is 2.31. The number of rotatable bonds is 2. The number of aliphatic carboxylic acids is 1. The number of benzene rings is 1. The number of hydrogen-bond donors (Lipinski definition) is 1. The number of carboxylic acid groups (broad SMARTS) is 1. The Morgan fingerprint density at radius 1 is 1.38 bits per heavy atom. The summed E-state index contributed by atoms with van der Waals surface area (Å²) in [5, 5.41) is 9.80. The van der Waals surface area contributed by atoms with Gasteiger partial charge in [-0.15, -0.1) is 11.3 Å². The summed E-state index contributed by atoms with van der Waals surface area (Å²) in [5.41, 5.74) is 0. The van der Waals surface area contributed by atoms with Crippen LogP contribution in [0.2, 0.25) is 0 Å². The molecule has 1 saturated heterocycles. The van der Waals surface area contributed by atoms with Gasteiger partial charge in [-0.05, 0) is 29.7 Å². The van der Waals surface area contributed by atoms with Crippen molar-refractivity contribution in [3.8, 4) is 0 Å². The van der Waals surface area contributed by atoms with E-state index in [2.05, 4.69) is 0 Å². The first kappa shape index (κ1) is 14.0. The first-order chi connectivity index (χ1) is 10.1. The Morgan fingerprint density at radius 2 is 2.19 bits per heavy atom. The van der Waals surface area contributed by atoms with Gasteiger partial charge in [0.2, 0.25) is 0 Å². The van der Waals surface area contributed by atoms with Crippen LogP contribution in [0.1, 0.15) is 9.67 Å². The number of fused-ring (bicyclic) bond motifs is 1. The molecule has 21 heavy (non-hydrogen) atoms. The number of amides is 1. The van der Waals surface area contributed by atoms with Gasteiger partial charge in [-0.3, -0.25) is 4.79 Å². The molecular formula is C14H12FNO4S. The predicted molar refractivity (Wildman–Crippen MR) is 75.1 cm³/mol. The second-order valence-electron chi connectivity index (χ2n) is 4.72. The van der Waals surface area contributed by atoms with Crippen LogP contribution in [0.25, 0.3) is 10.1 Å². The van der Waals surface area contributed by atoms with Gasteiger partial charge >= 0.3 is 5.97 Å². The lowest BCUT2D eigenvalue weighted by Gasteiger charge is -2.32. The van der Waals surface area contributed by atoms with E-state index < -0.39 is 12.0 Å². The molecule has 5 nitrogen and oxygen atoms in total. The van der Waals surface area contributed by atoms with E-state index in [9.17, 15) is 14.0 Å². The number of hydrogen-bond acceptors (Lipinski definition) is 4. The van der Waals surface area contributed by atoms with Gasteiger partial charge in [0.05, 0.1) is 18.1 Å². The van der Waals surface area contributed by atoms with Crippen molar-refractivity contribution in [1.82, 2.24) is 4.90 Å². The van der Waals surface area contributed by atoms with Crippen molar-refractivity contribution >= 4 is 33.3 Å². The average molecular weight is 309 g/mol. The zero-order chi connectivity index (χ0) is 15.0.